The molecule has 4 aromatic rings. The number of hydrogen-bond acceptors (Lipinski definition) is 5. The number of amides is 1. The highest BCUT2D eigenvalue weighted by Gasteiger charge is 2.25. The van der Waals surface area contributed by atoms with Crippen molar-refractivity contribution < 1.29 is 13.9 Å². The molecule has 0 fully saturated rings. The molecule has 0 saturated carbocycles. The number of hydrogen-bond donors (Lipinski definition) is 0. The van der Waals surface area contributed by atoms with Crippen LogP contribution in [0.3, 0.4) is 0 Å². The molecule has 3 nitrogen and oxygen atoms in total. The molecule has 0 atom stereocenters. The Hall–Kier alpha value is -2.06. The first-order valence-corrected chi connectivity index (χ1v) is 11.3. The van der Waals surface area contributed by atoms with Gasteiger partial charge in [-0.25, -0.2) is 4.39 Å². The lowest BCUT2D eigenvalue weighted by Gasteiger charge is -2.21. The van der Waals surface area contributed by atoms with Gasteiger partial charge in [-0.3, -0.25) is 4.79 Å². The Bertz CT molecular complexity index is 1030. The summed E-state index contributed by atoms with van der Waals surface area (Å²) < 4.78 is 20.6. The lowest BCUT2D eigenvalue weighted by atomic mass is 10.1. The highest BCUT2D eigenvalue weighted by Crippen LogP contribution is 2.35. The Balaban J connectivity index is 1.75. The van der Waals surface area contributed by atoms with Crippen molar-refractivity contribution in [2.75, 3.05) is 7.11 Å². The molecule has 7 heteroatoms. The molecular weight excluding hydrogens is 413 g/mol. The molecule has 4 rings (SSSR count). The maximum absolute atomic E-state index is 14.5. The summed E-state index contributed by atoms with van der Waals surface area (Å²) in [6.45, 7) is 1.25. The zero-order chi connectivity index (χ0) is 19.5. The predicted octanol–water partition coefficient (Wildman–Crippen LogP) is 6.15. The highest BCUT2D eigenvalue weighted by atomic mass is 32.1. The van der Waals surface area contributed by atoms with E-state index in [1.165, 1.54) is 17.4 Å². The van der Waals surface area contributed by atoms with Crippen molar-refractivity contribution in [3.8, 4) is 0 Å². The van der Waals surface area contributed by atoms with Crippen molar-refractivity contribution in [3.05, 3.63) is 79.2 Å². The third-order valence-electron chi connectivity index (χ3n) is 4.39. The van der Waals surface area contributed by atoms with Gasteiger partial charge in [0.2, 0.25) is 0 Å². The number of rotatable bonds is 7. The van der Waals surface area contributed by atoms with E-state index in [9.17, 15) is 9.18 Å². The molecule has 0 unspecified atom stereocenters. The van der Waals surface area contributed by atoms with Crippen molar-refractivity contribution in [1.29, 1.82) is 0 Å². The first kappa shape index (κ1) is 19.3. The molecule has 0 aliphatic heterocycles. The van der Waals surface area contributed by atoms with Crippen LogP contribution >= 0.6 is 34.0 Å². The summed E-state index contributed by atoms with van der Waals surface area (Å²) in [6.07, 6.45) is 0. The number of fused-ring (bicyclic) bond motifs is 1. The van der Waals surface area contributed by atoms with Gasteiger partial charge in [-0.15, -0.1) is 34.0 Å². The summed E-state index contributed by atoms with van der Waals surface area (Å²) in [7, 11) is 1.56. The van der Waals surface area contributed by atoms with Gasteiger partial charge in [0.1, 0.15) is 5.82 Å². The first-order valence-electron chi connectivity index (χ1n) is 8.70. The van der Waals surface area contributed by atoms with Crippen LogP contribution in [0.2, 0.25) is 0 Å². The standard InChI is InChI=1S/C21H18FNO2S3/c1-25-13-16-19-17(22)7-2-8-18(19)28-20(16)21(24)23(11-14-5-3-9-26-14)12-15-6-4-10-27-15/h2-10H,11-13H2,1H3. The Morgan fingerprint density at radius 3 is 2.29 bits per heavy atom. The molecule has 0 radical (unpaired) electrons. The van der Waals surface area contributed by atoms with Crippen molar-refractivity contribution in [3.63, 3.8) is 0 Å². The summed E-state index contributed by atoms with van der Waals surface area (Å²) >= 11 is 4.59. The highest BCUT2D eigenvalue weighted by molar-refractivity contribution is 7.21. The second-order valence-electron chi connectivity index (χ2n) is 6.28. The van der Waals surface area contributed by atoms with E-state index in [0.717, 1.165) is 14.5 Å². The minimum Gasteiger partial charge on any atom is -0.380 e. The average molecular weight is 432 g/mol. The molecular formula is C21H18FNO2S3. The molecule has 144 valence electrons. The quantitative estimate of drug-likeness (QED) is 0.351. The summed E-state index contributed by atoms with van der Waals surface area (Å²) in [5, 5.41) is 4.51. The maximum Gasteiger partial charge on any atom is 0.264 e. The van der Waals surface area contributed by atoms with E-state index in [1.54, 1.807) is 35.8 Å². The number of ether oxygens (including phenoxy) is 1. The van der Waals surface area contributed by atoms with Crippen LogP contribution in [0.4, 0.5) is 4.39 Å². The third-order valence-corrected chi connectivity index (χ3v) is 7.29. The second-order valence-corrected chi connectivity index (χ2v) is 9.39. The lowest BCUT2D eigenvalue weighted by molar-refractivity contribution is 0.0734. The minimum absolute atomic E-state index is 0.0885. The summed E-state index contributed by atoms with van der Waals surface area (Å²) in [6, 6.07) is 13.0. The molecule has 0 aliphatic carbocycles. The van der Waals surface area contributed by atoms with Gasteiger partial charge in [-0.05, 0) is 35.0 Å². The van der Waals surface area contributed by atoms with Crippen LogP contribution in [0, 0.1) is 5.82 Å². The molecule has 0 aliphatic rings. The molecule has 0 N–H and O–H groups in total. The Kier molecular flexibility index (Phi) is 5.87. The van der Waals surface area contributed by atoms with Crippen LogP contribution in [0.25, 0.3) is 10.1 Å². The molecule has 1 aromatic carbocycles. The number of benzene rings is 1. The maximum atomic E-state index is 14.5. The zero-order valence-electron chi connectivity index (χ0n) is 15.2. The van der Waals surface area contributed by atoms with Gasteiger partial charge in [0, 0.05) is 32.5 Å². The first-order chi connectivity index (χ1) is 13.7. The van der Waals surface area contributed by atoms with E-state index in [1.807, 2.05) is 46.0 Å². The fraction of sp³-hybridized carbons (Fsp3) is 0.190. The lowest BCUT2D eigenvalue weighted by Crippen LogP contribution is -2.29. The SMILES string of the molecule is COCc1c(C(=O)N(Cc2cccs2)Cc2cccs2)sc2cccc(F)c12. The largest absolute Gasteiger partial charge is 0.380 e. The van der Waals surface area contributed by atoms with Gasteiger partial charge in [-0.2, -0.15) is 0 Å². The van der Waals surface area contributed by atoms with Crippen LogP contribution in [0.15, 0.2) is 53.2 Å². The number of methoxy groups -OCH3 is 1. The van der Waals surface area contributed by atoms with Crippen LogP contribution in [0.1, 0.15) is 25.0 Å². The van der Waals surface area contributed by atoms with E-state index < -0.39 is 0 Å². The Morgan fingerprint density at radius 2 is 1.71 bits per heavy atom. The molecule has 3 heterocycles. The van der Waals surface area contributed by atoms with E-state index >= 15 is 0 Å². The van der Waals surface area contributed by atoms with Gasteiger partial charge < -0.3 is 9.64 Å². The van der Waals surface area contributed by atoms with Crippen molar-refractivity contribution in [1.82, 2.24) is 4.90 Å². The van der Waals surface area contributed by atoms with Gasteiger partial charge in [-0.1, -0.05) is 18.2 Å². The smallest absolute Gasteiger partial charge is 0.264 e. The van der Waals surface area contributed by atoms with Crippen molar-refractivity contribution in [2.24, 2.45) is 0 Å². The predicted molar refractivity (Wildman–Crippen MR) is 115 cm³/mol. The molecule has 0 saturated heterocycles. The zero-order valence-corrected chi connectivity index (χ0v) is 17.6. The summed E-state index contributed by atoms with van der Waals surface area (Å²) in [5.74, 6) is -0.405. The van der Waals surface area contributed by atoms with Gasteiger partial charge in [0.25, 0.3) is 5.91 Å². The number of carbonyl (C=O) groups excluding carboxylic acids is 1. The molecule has 28 heavy (non-hydrogen) atoms. The van der Waals surface area contributed by atoms with Crippen LogP contribution < -0.4 is 0 Å². The molecule has 0 spiro atoms. The van der Waals surface area contributed by atoms with Crippen LogP contribution in [0.5, 0.6) is 0 Å². The van der Waals surface area contributed by atoms with Crippen molar-refractivity contribution >= 4 is 50.0 Å². The van der Waals surface area contributed by atoms with Crippen LogP contribution in [-0.2, 0) is 24.4 Å². The van der Waals surface area contributed by atoms with Gasteiger partial charge in [0.15, 0.2) is 0 Å². The van der Waals surface area contributed by atoms with Crippen LogP contribution in [-0.4, -0.2) is 17.9 Å². The molecule has 1 amide bonds. The fourth-order valence-corrected chi connectivity index (χ4v) is 5.78. The van der Waals surface area contributed by atoms with E-state index in [2.05, 4.69) is 0 Å². The number of thiophene rings is 3. The average Bonchev–Trinajstić information content (AvgIpc) is 3.43. The Morgan fingerprint density at radius 1 is 1.04 bits per heavy atom. The topological polar surface area (TPSA) is 29.5 Å². The van der Waals surface area contributed by atoms with Gasteiger partial charge >= 0.3 is 0 Å². The minimum atomic E-state index is -0.317. The van der Waals surface area contributed by atoms with E-state index in [4.69, 9.17) is 4.74 Å². The van der Waals surface area contributed by atoms with E-state index in [-0.39, 0.29) is 18.3 Å². The number of carbonyl (C=O) groups is 1. The van der Waals surface area contributed by atoms with Gasteiger partial charge in [0.05, 0.1) is 24.6 Å². The summed E-state index contributed by atoms with van der Waals surface area (Å²) in [4.78, 5) is 18.2. The third kappa shape index (κ3) is 3.89. The second kappa shape index (κ2) is 8.53. The number of nitrogens with zero attached hydrogens (tertiary/aromatic N) is 1. The molecule has 3 aromatic heterocycles. The summed E-state index contributed by atoms with van der Waals surface area (Å²) in [5.41, 5.74) is 0.632. The fourth-order valence-electron chi connectivity index (χ4n) is 3.15. The Labute approximate surface area is 174 Å². The van der Waals surface area contributed by atoms with E-state index in [0.29, 0.717) is 28.9 Å². The van der Waals surface area contributed by atoms with Crippen molar-refractivity contribution in [2.45, 2.75) is 19.7 Å². The normalized spacial score (nSPS) is 11.2. The number of halogens is 1. The molecule has 0 bridgehead atoms. The monoisotopic (exact) mass is 431 g/mol.